The molecule has 0 unspecified atom stereocenters. The Morgan fingerprint density at radius 3 is 3.20 bits per heavy atom. The SMILES string of the molecule is O=C(NC[C@@H]1CCCO1)c1csc(-c2cnccn2)n1. The van der Waals surface area contributed by atoms with Crippen LogP contribution in [0, 0.1) is 0 Å². The average molecular weight is 290 g/mol. The zero-order valence-corrected chi connectivity index (χ0v) is 11.6. The van der Waals surface area contributed by atoms with Gasteiger partial charge in [-0.3, -0.25) is 14.8 Å². The molecule has 2 aromatic heterocycles. The molecule has 1 aliphatic rings. The van der Waals surface area contributed by atoms with Crippen LogP contribution in [0.1, 0.15) is 23.3 Å². The molecule has 3 heterocycles. The van der Waals surface area contributed by atoms with E-state index in [2.05, 4.69) is 20.3 Å². The number of carbonyl (C=O) groups excluding carboxylic acids is 1. The van der Waals surface area contributed by atoms with Crippen molar-refractivity contribution < 1.29 is 9.53 Å². The van der Waals surface area contributed by atoms with Crippen LogP contribution in [0.3, 0.4) is 0 Å². The van der Waals surface area contributed by atoms with Crippen LogP contribution in [0.4, 0.5) is 0 Å². The molecule has 1 amide bonds. The molecule has 20 heavy (non-hydrogen) atoms. The minimum atomic E-state index is -0.174. The zero-order chi connectivity index (χ0) is 13.8. The molecule has 104 valence electrons. The van der Waals surface area contributed by atoms with Crippen LogP contribution in [-0.2, 0) is 4.74 Å². The van der Waals surface area contributed by atoms with Crippen LogP contribution >= 0.6 is 11.3 Å². The summed E-state index contributed by atoms with van der Waals surface area (Å²) in [6.45, 7) is 1.32. The summed E-state index contributed by atoms with van der Waals surface area (Å²) in [7, 11) is 0. The molecule has 7 heteroatoms. The van der Waals surface area contributed by atoms with Gasteiger partial charge in [0.2, 0.25) is 0 Å². The second-order valence-electron chi connectivity index (χ2n) is 4.47. The first-order chi connectivity index (χ1) is 9.83. The fourth-order valence-electron chi connectivity index (χ4n) is 2.01. The molecule has 0 aromatic carbocycles. The summed E-state index contributed by atoms with van der Waals surface area (Å²) < 4.78 is 5.46. The molecule has 0 aliphatic carbocycles. The van der Waals surface area contributed by atoms with Gasteiger partial charge in [0, 0.05) is 30.9 Å². The Bertz CT molecular complexity index is 581. The van der Waals surface area contributed by atoms with Gasteiger partial charge in [-0.2, -0.15) is 0 Å². The van der Waals surface area contributed by atoms with Crippen LogP contribution in [0.2, 0.25) is 0 Å². The first-order valence-corrected chi connectivity index (χ1v) is 7.32. The molecular weight excluding hydrogens is 276 g/mol. The number of aromatic nitrogens is 3. The summed E-state index contributed by atoms with van der Waals surface area (Å²) in [6, 6.07) is 0. The van der Waals surface area contributed by atoms with Crippen molar-refractivity contribution in [1.82, 2.24) is 20.3 Å². The van der Waals surface area contributed by atoms with Crippen LogP contribution < -0.4 is 5.32 Å². The standard InChI is InChI=1S/C13H14N4O2S/c18-12(16-6-9-2-1-5-19-9)11-8-20-13(17-11)10-7-14-3-4-15-10/h3-4,7-9H,1-2,5-6H2,(H,16,18)/t9-/m0/s1. The first-order valence-electron chi connectivity index (χ1n) is 6.44. The second kappa shape index (κ2) is 6.06. The number of hydrogen-bond acceptors (Lipinski definition) is 6. The van der Waals surface area contributed by atoms with Gasteiger partial charge in [-0.15, -0.1) is 11.3 Å². The molecule has 0 saturated carbocycles. The maximum Gasteiger partial charge on any atom is 0.270 e. The number of ether oxygens (including phenoxy) is 1. The van der Waals surface area contributed by atoms with Crippen molar-refractivity contribution in [3.63, 3.8) is 0 Å². The summed E-state index contributed by atoms with van der Waals surface area (Å²) in [6.07, 6.45) is 7.04. The third-order valence-electron chi connectivity index (χ3n) is 3.03. The Balaban J connectivity index is 1.62. The highest BCUT2D eigenvalue weighted by molar-refractivity contribution is 7.13. The summed E-state index contributed by atoms with van der Waals surface area (Å²) in [5.74, 6) is -0.174. The quantitative estimate of drug-likeness (QED) is 0.923. The molecule has 0 radical (unpaired) electrons. The molecule has 3 rings (SSSR count). The van der Waals surface area contributed by atoms with E-state index in [-0.39, 0.29) is 12.0 Å². The average Bonchev–Trinajstić information content (AvgIpc) is 3.17. The van der Waals surface area contributed by atoms with E-state index in [1.807, 2.05) is 0 Å². The van der Waals surface area contributed by atoms with Crippen molar-refractivity contribution in [2.45, 2.75) is 18.9 Å². The maximum absolute atomic E-state index is 12.0. The minimum Gasteiger partial charge on any atom is -0.376 e. The predicted octanol–water partition coefficient (Wildman–Crippen LogP) is 1.51. The Hall–Kier alpha value is -1.86. The Morgan fingerprint density at radius 2 is 2.45 bits per heavy atom. The second-order valence-corrected chi connectivity index (χ2v) is 5.33. The highest BCUT2D eigenvalue weighted by Crippen LogP contribution is 2.20. The zero-order valence-electron chi connectivity index (χ0n) is 10.8. The summed E-state index contributed by atoms with van der Waals surface area (Å²) in [4.78, 5) is 24.4. The summed E-state index contributed by atoms with van der Waals surface area (Å²) >= 11 is 1.38. The number of carbonyl (C=O) groups is 1. The smallest absolute Gasteiger partial charge is 0.270 e. The van der Waals surface area contributed by atoms with Gasteiger partial charge in [0.25, 0.3) is 5.91 Å². The van der Waals surface area contributed by atoms with E-state index < -0.39 is 0 Å². The predicted molar refractivity (Wildman–Crippen MR) is 74.4 cm³/mol. The van der Waals surface area contributed by atoms with Crippen molar-refractivity contribution in [2.24, 2.45) is 0 Å². The van der Waals surface area contributed by atoms with E-state index in [0.29, 0.717) is 22.9 Å². The topological polar surface area (TPSA) is 77.0 Å². The highest BCUT2D eigenvalue weighted by Gasteiger charge is 2.18. The van der Waals surface area contributed by atoms with Gasteiger partial charge < -0.3 is 10.1 Å². The maximum atomic E-state index is 12.0. The molecule has 1 aliphatic heterocycles. The van der Waals surface area contributed by atoms with Gasteiger partial charge in [0.1, 0.15) is 16.4 Å². The monoisotopic (exact) mass is 290 g/mol. The lowest BCUT2D eigenvalue weighted by atomic mass is 10.2. The minimum absolute atomic E-state index is 0.136. The van der Waals surface area contributed by atoms with Crippen LogP contribution in [0.25, 0.3) is 10.7 Å². The Labute approximate surface area is 120 Å². The number of nitrogens with zero attached hydrogens (tertiary/aromatic N) is 3. The number of rotatable bonds is 4. The van der Waals surface area contributed by atoms with Gasteiger partial charge in [-0.25, -0.2) is 4.98 Å². The lowest BCUT2D eigenvalue weighted by molar-refractivity contribution is 0.0854. The molecule has 1 fully saturated rings. The third kappa shape index (κ3) is 3.00. The summed E-state index contributed by atoms with van der Waals surface area (Å²) in [5.41, 5.74) is 1.09. The molecule has 1 saturated heterocycles. The highest BCUT2D eigenvalue weighted by atomic mass is 32.1. The Kier molecular flexibility index (Phi) is 3.98. The molecule has 1 N–H and O–H groups in total. The molecule has 0 spiro atoms. The van der Waals surface area contributed by atoms with E-state index >= 15 is 0 Å². The lowest BCUT2D eigenvalue weighted by Gasteiger charge is -2.09. The van der Waals surface area contributed by atoms with Gasteiger partial charge in [0.15, 0.2) is 0 Å². The molecular formula is C13H14N4O2S. The largest absolute Gasteiger partial charge is 0.376 e. The van der Waals surface area contributed by atoms with Crippen molar-refractivity contribution in [2.75, 3.05) is 13.2 Å². The van der Waals surface area contributed by atoms with Crippen molar-refractivity contribution in [1.29, 1.82) is 0 Å². The molecule has 0 bridgehead atoms. The van der Waals surface area contributed by atoms with Gasteiger partial charge in [-0.1, -0.05) is 0 Å². The van der Waals surface area contributed by atoms with E-state index in [9.17, 15) is 4.79 Å². The Morgan fingerprint density at radius 1 is 1.50 bits per heavy atom. The molecule has 6 nitrogen and oxygen atoms in total. The van der Waals surface area contributed by atoms with Gasteiger partial charge in [-0.05, 0) is 12.8 Å². The number of amides is 1. The van der Waals surface area contributed by atoms with Crippen molar-refractivity contribution >= 4 is 17.2 Å². The fourth-order valence-corrected chi connectivity index (χ4v) is 2.77. The number of thiazole rings is 1. The normalized spacial score (nSPS) is 18.1. The van der Waals surface area contributed by atoms with Crippen molar-refractivity contribution in [3.8, 4) is 10.7 Å². The van der Waals surface area contributed by atoms with Crippen molar-refractivity contribution in [3.05, 3.63) is 29.7 Å². The lowest BCUT2D eigenvalue weighted by Crippen LogP contribution is -2.31. The molecule has 2 aromatic rings. The number of hydrogen-bond donors (Lipinski definition) is 1. The number of nitrogens with one attached hydrogen (secondary N) is 1. The molecule has 1 atom stereocenters. The third-order valence-corrected chi connectivity index (χ3v) is 3.90. The van der Waals surface area contributed by atoms with Crippen LogP contribution in [-0.4, -0.2) is 40.1 Å². The fraction of sp³-hybridized carbons (Fsp3) is 0.385. The summed E-state index contributed by atoms with van der Waals surface area (Å²) in [5, 5.41) is 5.28. The van der Waals surface area contributed by atoms with E-state index in [0.717, 1.165) is 19.4 Å². The van der Waals surface area contributed by atoms with Gasteiger partial charge >= 0.3 is 0 Å². The van der Waals surface area contributed by atoms with E-state index in [1.165, 1.54) is 11.3 Å². The first kappa shape index (κ1) is 13.1. The van der Waals surface area contributed by atoms with E-state index in [1.54, 1.807) is 24.0 Å². The van der Waals surface area contributed by atoms with Crippen LogP contribution in [0.15, 0.2) is 24.0 Å². The van der Waals surface area contributed by atoms with E-state index in [4.69, 9.17) is 4.74 Å². The van der Waals surface area contributed by atoms with Crippen LogP contribution in [0.5, 0.6) is 0 Å². The van der Waals surface area contributed by atoms with Gasteiger partial charge in [0.05, 0.1) is 12.3 Å².